The van der Waals surface area contributed by atoms with Crippen molar-refractivity contribution in [2.24, 2.45) is 5.92 Å². The van der Waals surface area contributed by atoms with Crippen molar-refractivity contribution in [3.8, 4) is 5.75 Å². The molecule has 4 heteroatoms. The third kappa shape index (κ3) is 4.81. The van der Waals surface area contributed by atoms with Crippen molar-refractivity contribution in [2.75, 3.05) is 13.7 Å². The summed E-state index contributed by atoms with van der Waals surface area (Å²) >= 11 is 0. The van der Waals surface area contributed by atoms with E-state index in [9.17, 15) is 4.79 Å². The monoisotopic (exact) mass is 312 g/mol. The van der Waals surface area contributed by atoms with E-state index < -0.39 is 0 Å². The number of benzene rings is 1. The second kappa shape index (κ2) is 8.32. The molecule has 0 bridgehead atoms. The Bertz CT molecular complexity index is 609. The summed E-state index contributed by atoms with van der Waals surface area (Å²) in [5.74, 6) is 1.00. The van der Waals surface area contributed by atoms with Crippen molar-refractivity contribution in [1.82, 2.24) is 10.3 Å². The molecular weight excluding hydrogens is 288 g/mol. The lowest BCUT2D eigenvalue weighted by Crippen LogP contribution is -2.33. The highest BCUT2D eigenvalue weighted by molar-refractivity contribution is 5.83. The predicted molar refractivity (Wildman–Crippen MR) is 91.5 cm³/mol. The second-order valence-corrected chi connectivity index (χ2v) is 5.89. The van der Waals surface area contributed by atoms with E-state index in [4.69, 9.17) is 4.74 Å². The molecule has 0 fully saturated rings. The Balaban J connectivity index is 1.91. The lowest BCUT2D eigenvalue weighted by atomic mass is 9.88. The van der Waals surface area contributed by atoms with Gasteiger partial charge in [0.25, 0.3) is 0 Å². The molecule has 0 saturated heterocycles. The molecule has 0 radical (unpaired) electrons. The number of aromatic nitrogens is 1. The van der Waals surface area contributed by atoms with Crippen LogP contribution in [0.4, 0.5) is 0 Å². The fraction of sp³-hybridized carbons (Fsp3) is 0.368. The number of nitrogens with one attached hydrogen (secondary N) is 1. The highest BCUT2D eigenvalue weighted by Crippen LogP contribution is 2.24. The minimum atomic E-state index is -0.145. The average molecular weight is 312 g/mol. The summed E-state index contributed by atoms with van der Waals surface area (Å²) in [4.78, 5) is 16.5. The molecule has 0 spiro atoms. The van der Waals surface area contributed by atoms with Gasteiger partial charge in [-0.15, -0.1) is 0 Å². The normalized spacial score (nSPS) is 12.0. The first-order valence-corrected chi connectivity index (χ1v) is 7.92. The van der Waals surface area contributed by atoms with Crippen LogP contribution in [0.2, 0.25) is 0 Å². The van der Waals surface area contributed by atoms with Crippen molar-refractivity contribution in [1.29, 1.82) is 0 Å². The number of amides is 1. The number of carbonyl (C=O) groups excluding carboxylic acids is 1. The number of nitrogens with zero attached hydrogens (tertiary/aromatic N) is 1. The fourth-order valence-corrected chi connectivity index (χ4v) is 2.64. The van der Waals surface area contributed by atoms with E-state index >= 15 is 0 Å². The second-order valence-electron chi connectivity index (χ2n) is 5.89. The standard InChI is InChI=1S/C19H24N2O2/c1-14(2)18(16-9-11-20-12-10-16)19(22)21-13-8-15-4-6-17(23-3)7-5-15/h4-7,9-12,14,18H,8,13H2,1-3H3,(H,21,22)/t18-/m1/s1. The Morgan fingerprint density at radius 2 is 1.78 bits per heavy atom. The van der Waals surface area contributed by atoms with Gasteiger partial charge in [-0.1, -0.05) is 26.0 Å². The number of pyridine rings is 1. The smallest absolute Gasteiger partial charge is 0.227 e. The Labute approximate surface area is 137 Å². The predicted octanol–water partition coefficient (Wildman–Crippen LogP) is 3.19. The molecule has 0 aliphatic heterocycles. The van der Waals surface area contributed by atoms with Crippen LogP contribution in [0, 0.1) is 5.92 Å². The van der Waals surface area contributed by atoms with Crippen LogP contribution in [-0.2, 0) is 11.2 Å². The molecule has 0 aliphatic rings. The van der Waals surface area contributed by atoms with Crippen molar-refractivity contribution in [3.05, 3.63) is 59.9 Å². The molecule has 0 aliphatic carbocycles. The van der Waals surface area contributed by atoms with Crippen molar-refractivity contribution in [2.45, 2.75) is 26.2 Å². The molecule has 1 atom stereocenters. The molecule has 2 rings (SSSR count). The molecule has 23 heavy (non-hydrogen) atoms. The van der Waals surface area contributed by atoms with Gasteiger partial charge in [0.1, 0.15) is 5.75 Å². The number of hydrogen-bond donors (Lipinski definition) is 1. The number of carbonyl (C=O) groups is 1. The highest BCUT2D eigenvalue weighted by atomic mass is 16.5. The lowest BCUT2D eigenvalue weighted by Gasteiger charge is -2.20. The molecule has 1 amide bonds. The van der Waals surface area contributed by atoms with E-state index in [1.54, 1.807) is 19.5 Å². The van der Waals surface area contributed by atoms with Gasteiger partial charge in [0.05, 0.1) is 13.0 Å². The molecule has 0 unspecified atom stereocenters. The van der Waals surface area contributed by atoms with Gasteiger partial charge in [-0.05, 0) is 47.7 Å². The van der Waals surface area contributed by atoms with Crippen LogP contribution < -0.4 is 10.1 Å². The van der Waals surface area contributed by atoms with Gasteiger partial charge >= 0.3 is 0 Å². The van der Waals surface area contributed by atoms with Crippen molar-refractivity contribution < 1.29 is 9.53 Å². The lowest BCUT2D eigenvalue weighted by molar-refractivity contribution is -0.123. The van der Waals surface area contributed by atoms with Gasteiger partial charge in [-0.25, -0.2) is 0 Å². The maximum absolute atomic E-state index is 12.5. The zero-order valence-electron chi connectivity index (χ0n) is 14.0. The molecule has 122 valence electrons. The van der Waals surface area contributed by atoms with Gasteiger partial charge in [0.2, 0.25) is 5.91 Å². The van der Waals surface area contributed by atoms with Gasteiger partial charge < -0.3 is 10.1 Å². The minimum absolute atomic E-state index is 0.0692. The van der Waals surface area contributed by atoms with Crippen LogP contribution in [0.1, 0.15) is 30.9 Å². The van der Waals surface area contributed by atoms with E-state index in [1.807, 2.05) is 36.4 Å². The minimum Gasteiger partial charge on any atom is -0.497 e. The summed E-state index contributed by atoms with van der Waals surface area (Å²) in [6.07, 6.45) is 4.27. The Hall–Kier alpha value is -2.36. The summed E-state index contributed by atoms with van der Waals surface area (Å²) in [6, 6.07) is 11.7. The van der Waals surface area contributed by atoms with E-state index in [1.165, 1.54) is 5.56 Å². The summed E-state index contributed by atoms with van der Waals surface area (Å²) in [6.45, 7) is 4.75. The quantitative estimate of drug-likeness (QED) is 0.854. The van der Waals surface area contributed by atoms with E-state index in [2.05, 4.69) is 24.1 Å². The SMILES string of the molecule is COc1ccc(CCNC(=O)[C@@H](c2ccncc2)C(C)C)cc1. The Morgan fingerprint density at radius 1 is 1.13 bits per heavy atom. The maximum Gasteiger partial charge on any atom is 0.227 e. The molecular formula is C19H24N2O2. The molecule has 1 aromatic carbocycles. The third-order valence-electron chi connectivity index (χ3n) is 3.89. The molecule has 1 heterocycles. The average Bonchev–Trinajstić information content (AvgIpc) is 2.56. The first kappa shape index (κ1) is 17.0. The zero-order chi connectivity index (χ0) is 16.7. The molecule has 2 aromatic rings. The van der Waals surface area contributed by atoms with E-state index in [0.717, 1.165) is 17.7 Å². The first-order chi connectivity index (χ1) is 11.1. The highest BCUT2D eigenvalue weighted by Gasteiger charge is 2.23. The summed E-state index contributed by atoms with van der Waals surface area (Å²) in [5.41, 5.74) is 2.19. The molecule has 0 saturated carbocycles. The maximum atomic E-state index is 12.5. The van der Waals surface area contributed by atoms with Gasteiger partial charge in [0.15, 0.2) is 0 Å². The number of ether oxygens (including phenoxy) is 1. The Morgan fingerprint density at radius 3 is 2.35 bits per heavy atom. The third-order valence-corrected chi connectivity index (χ3v) is 3.89. The van der Waals surface area contributed by atoms with Gasteiger partial charge in [-0.2, -0.15) is 0 Å². The summed E-state index contributed by atoms with van der Waals surface area (Å²) in [7, 11) is 1.65. The Kier molecular flexibility index (Phi) is 6.15. The zero-order valence-corrected chi connectivity index (χ0v) is 14.0. The van der Waals surface area contributed by atoms with Crippen LogP contribution >= 0.6 is 0 Å². The van der Waals surface area contributed by atoms with Gasteiger partial charge in [0, 0.05) is 18.9 Å². The summed E-state index contributed by atoms with van der Waals surface area (Å²) in [5, 5.41) is 3.05. The number of rotatable bonds is 7. The first-order valence-electron chi connectivity index (χ1n) is 7.92. The van der Waals surface area contributed by atoms with Crippen molar-refractivity contribution >= 4 is 5.91 Å². The van der Waals surface area contributed by atoms with E-state index in [-0.39, 0.29) is 17.7 Å². The van der Waals surface area contributed by atoms with Gasteiger partial charge in [-0.3, -0.25) is 9.78 Å². The number of methoxy groups -OCH3 is 1. The molecule has 1 N–H and O–H groups in total. The van der Waals surface area contributed by atoms with Crippen LogP contribution in [0.3, 0.4) is 0 Å². The fourth-order valence-electron chi connectivity index (χ4n) is 2.64. The number of hydrogen-bond acceptors (Lipinski definition) is 3. The molecule has 4 nitrogen and oxygen atoms in total. The van der Waals surface area contributed by atoms with E-state index in [0.29, 0.717) is 6.54 Å². The topological polar surface area (TPSA) is 51.2 Å². The van der Waals surface area contributed by atoms with Crippen LogP contribution in [-0.4, -0.2) is 24.5 Å². The molecule has 1 aromatic heterocycles. The largest absolute Gasteiger partial charge is 0.497 e. The summed E-state index contributed by atoms with van der Waals surface area (Å²) < 4.78 is 5.14. The van der Waals surface area contributed by atoms with Crippen LogP contribution in [0.5, 0.6) is 5.75 Å². The van der Waals surface area contributed by atoms with Crippen molar-refractivity contribution in [3.63, 3.8) is 0 Å². The van der Waals surface area contributed by atoms with Crippen LogP contribution in [0.25, 0.3) is 0 Å². The van der Waals surface area contributed by atoms with Crippen LogP contribution in [0.15, 0.2) is 48.8 Å².